The van der Waals surface area contributed by atoms with E-state index in [4.69, 9.17) is 4.74 Å². The third-order valence-corrected chi connectivity index (χ3v) is 4.74. The number of carbonyl (C=O) groups is 2. The molecule has 0 heterocycles. The zero-order valence-corrected chi connectivity index (χ0v) is 16.3. The minimum atomic E-state index is -0.928. The SMILES string of the molecule is CCc1cc(Oc2cc(CC)c(C(=O)O)c(CC)c2)cc(CC)c1C(=O)O. The van der Waals surface area contributed by atoms with Gasteiger partial charge in [0.05, 0.1) is 11.1 Å². The topological polar surface area (TPSA) is 83.8 Å². The first kappa shape index (κ1) is 20.5. The molecule has 0 bridgehead atoms. The van der Waals surface area contributed by atoms with Gasteiger partial charge in [0.1, 0.15) is 11.5 Å². The summed E-state index contributed by atoms with van der Waals surface area (Å²) >= 11 is 0. The minimum Gasteiger partial charge on any atom is -0.478 e. The van der Waals surface area contributed by atoms with Gasteiger partial charge in [-0.25, -0.2) is 9.59 Å². The number of aryl methyl sites for hydroxylation is 4. The molecule has 0 saturated carbocycles. The summed E-state index contributed by atoms with van der Waals surface area (Å²) in [5, 5.41) is 19.0. The molecule has 27 heavy (non-hydrogen) atoms. The molecule has 0 fully saturated rings. The van der Waals surface area contributed by atoms with Gasteiger partial charge in [-0.2, -0.15) is 0 Å². The Labute approximate surface area is 159 Å². The second-order valence-electron chi connectivity index (χ2n) is 6.36. The molecule has 2 aromatic rings. The van der Waals surface area contributed by atoms with E-state index in [1.807, 2.05) is 27.7 Å². The van der Waals surface area contributed by atoms with Crippen LogP contribution in [0.4, 0.5) is 0 Å². The van der Waals surface area contributed by atoms with Gasteiger partial charge in [-0.1, -0.05) is 27.7 Å². The molecule has 0 aliphatic heterocycles. The zero-order valence-electron chi connectivity index (χ0n) is 16.3. The molecule has 144 valence electrons. The van der Waals surface area contributed by atoms with Gasteiger partial charge >= 0.3 is 11.9 Å². The molecule has 0 saturated heterocycles. The Morgan fingerprint density at radius 2 is 0.926 bits per heavy atom. The van der Waals surface area contributed by atoms with Gasteiger partial charge in [0, 0.05) is 0 Å². The summed E-state index contributed by atoms with van der Waals surface area (Å²) in [6, 6.07) is 7.02. The third-order valence-electron chi connectivity index (χ3n) is 4.74. The Morgan fingerprint density at radius 3 is 1.11 bits per heavy atom. The maximum absolute atomic E-state index is 11.6. The van der Waals surface area contributed by atoms with Crippen molar-refractivity contribution >= 4 is 11.9 Å². The van der Waals surface area contributed by atoms with Gasteiger partial charge in [0.25, 0.3) is 0 Å². The fraction of sp³-hybridized carbons (Fsp3) is 0.364. The van der Waals surface area contributed by atoms with Crippen LogP contribution in [-0.2, 0) is 25.7 Å². The van der Waals surface area contributed by atoms with Crippen LogP contribution in [0.5, 0.6) is 11.5 Å². The average molecular weight is 370 g/mol. The summed E-state index contributed by atoms with van der Waals surface area (Å²) in [4.78, 5) is 23.2. The van der Waals surface area contributed by atoms with Gasteiger partial charge in [-0.05, 0) is 72.2 Å². The molecule has 0 aromatic heterocycles. The summed E-state index contributed by atoms with van der Waals surface area (Å²) in [5.41, 5.74) is 3.60. The molecule has 0 spiro atoms. The highest BCUT2D eigenvalue weighted by Crippen LogP contribution is 2.31. The smallest absolute Gasteiger partial charge is 0.336 e. The van der Waals surface area contributed by atoms with E-state index in [-0.39, 0.29) is 0 Å². The Kier molecular flexibility index (Phi) is 6.61. The van der Waals surface area contributed by atoms with Crippen LogP contribution in [0.15, 0.2) is 24.3 Å². The highest BCUT2D eigenvalue weighted by Gasteiger charge is 2.18. The summed E-state index contributed by atoms with van der Waals surface area (Å²) in [7, 11) is 0. The van der Waals surface area contributed by atoms with Crippen molar-refractivity contribution in [1.29, 1.82) is 0 Å². The number of rotatable bonds is 8. The molecule has 0 unspecified atom stereocenters. The van der Waals surface area contributed by atoms with E-state index in [1.54, 1.807) is 24.3 Å². The standard InChI is InChI=1S/C22H26O5/c1-5-13-9-17(10-14(6-2)19(13)21(23)24)27-18-11-15(7-3)20(22(25)26)16(8-4)12-18/h9-12H,5-8H2,1-4H3,(H,23,24)(H,25,26). The predicted octanol–water partition coefficient (Wildman–Crippen LogP) is 5.12. The second kappa shape index (κ2) is 8.71. The lowest BCUT2D eigenvalue weighted by Gasteiger charge is -2.16. The van der Waals surface area contributed by atoms with Crippen molar-refractivity contribution < 1.29 is 24.5 Å². The molecule has 0 atom stereocenters. The van der Waals surface area contributed by atoms with Crippen molar-refractivity contribution in [3.8, 4) is 11.5 Å². The quantitative estimate of drug-likeness (QED) is 0.673. The molecule has 5 nitrogen and oxygen atoms in total. The van der Waals surface area contributed by atoms with E-state index in [1.165, 1.54) is 0 Å². The van der Waals surface area contributed by atoms with Crippen LogP contribution in [0.2, 0.25) is 0 Å². The van der Waals surface area contributed by atoms with E-state index in [0.717, 1.165) is 22.3 Å². The van der Waals surface area contributed by atoms with Gasteiger partial charge < -0.3 is 14.9 Å². The molecule has 0 radical (unpaired) electrons. The normalized spacial score (nSPS) is 10.7. The second-order valence-corrected chi connectivity index (χ2v) is 6.36. The van der Waals surface area contributed by atoms with E-state index < -0.39 is 11.9 Å². The molecule has 0 aliphatic carbocycles. The Morgan fingerprint density at radius 1 is 0.667 bits per heavy atom. The number of hydrogen-bond acceptors (Lipinski definition) is 3. The van der Waals surface area contributed by atoms with Crippen molar-refractivity contribution in [3.05, 3.63) is 57.6 Å². The molecule has 0 aliphatic rings. The van der Waals surface area contributed by atoms with Crippen molar-refractivity contribution in [3.63, 3.8) is 0 Å². The van der Waals surface area contributed by atoms with Crippen LogP contribution >= 0.6 is 0 Å². The minimum absolute atomic E-state index is 0.345. The average Bonchev–Trinajstić information content (AvgIpc) is 2.65. The largest absolute Gasteiger partial charge is 0.478 e. The first-order valence-electron chi connectivity index (χ1n) is 9.32. The molecule has 2 N–H and O–H groups in total. The molecular weight excluding hydrogens is 344 g/mol. The van der Waals surface area contributed by atoms with Gasteiger partial charge in [-0.15, -0.1) is 0 Å². The lowest BCUT2D eigenvalue weighted by Crippen LogP contribution is -2.08. The fourth-order valence-corrected chi connectivity index (χ4v) is 3.39. The Balaban J connectivity index is 2.54. The third kappa shape index (κ3) is 4.30. The van der Waals surface area contributed by atoms with Crippen LogP contribution in [0.3, 0.4) is 0 Å². The van der Waals surface area contributed by atoms with E-state index in [9.17, 15) is 19.8 Å². The van der Waals surface area contributed by atoms with Crippen LogP contribution in [-0.4, -0.2) is 22.2 Å². The molecule has 2 rings (SSSR count). The lowest BCUT2D eigenvalue weighted by atomic mass is 9.96. The van der Waals surface area contributed by atoms with Crippen LogP contribution in [0, 0.1) is 0 Å². The van der Waals surface area contributed by atoms with Crippen LogP contribution in [0.1, 0.15) is 70.7 Å². The Bertz CT molecular complexity index is 745. The van der Waals surface area contributed by atoms with Crippen LogP contribution in [0.25, 0.3) is 0 Å². The van der Waals surface area contributed by atoms with Gasteiger partial charge in [0.2, 0.25) is 0 Å². The summed E-state index contributed by atoms with van der Waals surface area (Å²) in [6.07, 6.45) is 2.35. The summed E-state index contributed by atoms with van der Waals surface area (Å²) < 4.78 is 6.03. The summed E-state index contributed by atoms with van der Waals surface area (Å²) in [5.74, 6) is -0.716. The highest BCUT2D eigenvalue weighted by atomic mass is 16.5. The number of hydrogen-bond donors (Lipinski definition) is 2. The van der Waals surface area contributed by atoms with Crippen molar-refractivity contribution in [2.45, 2.75) is 53.4 Å². The lowest BCUT2D eigenvalue weighted by molar-refractivity contribution is 0.0683. The molecule has 2 aromatic carbocycles. The van der Waals surface area contributed by atoms with Gasteiger partial charge in [-0.3, -0.25) is 0 Å². The van der Waals surface area contributed by atoms with Crippen LogP contribution < -0.4 is 4.74 Å². The summed E-state index contributed by atoms with van der Waals surface area (Å²) in [6.45, 7) is 7.65. The number of carboxylic acids is 2. The highest BCUT2D eigenvalue weighted by molar-refractivity contribution is 5.92. The number of ether oxygens (including phenoxy) is 1. The number of carboxylic acid groups (broad SMARTS) is 2. The first-order chi connectivity index (χ1) is 12.9. The van der Waals surface area contributed by atoms with E-state index in [0.29, 0.717) is 48.3 Å². The maximum atomic E-state index is 11.6. The molecule has 0 amide bonds. The van der Waals surface area contributed by atoms with Crippen molar-refractivity contribution in [2.24, 2.45) is 0 Å². The monoisotopic (exact) mass is 370 g/mol. The molecular formula is C22H26O5. The zero-order chi connectivity index (χ0) is 20.1. The number of aromatic carboxylic acids is 2. The van der Waals surface area contributed by atoms with Gasteiger partial charge in [0.15, 0.2) is 0 Å². The van der Waals surface area contributed by atoms with E-state index >= 15 is 0 Å². The predicted molar refractivity (Wildman–Crippen MR) is 104 cm³/mol. The van der Waals surface area contributed by atoms with Crippen molar-refractivity contribution in [1.82, 2.24) is 0 Å². The Hall–Kier alpha value is -2.82. The maximum Gasteiger partial charge on any atom is 0.336 e. The van der Waals surface area contributed by atoms with E-state index in [2.05, 4.69) is 0 Å². The number of benzene rings is 2. The fourth-order valence-electron chi connectivity index (χ4n) is 3.39. The van der Waals surface area contributed by atoms with Crippen molar-refractivity contribution in [2.75, 3.05) is 0 Å². The first-order valence-corrected chi connectivity index (χ1v) is 9.32. The molecule has 5 heteroatoms.